The normalized spacial score (nSPS) is 16.2. The van der Waals surface area contributed by atoms with Gasteiger partial charge in [0.2, 0.25) is 5.91 Å². The van der Waals surface area contributed by atoms with Gasteiger partial charge in [0.1, 0.15) is 0 Å². The summed E-state index contributed by atoms with van der Waals surface area (Å²) < 4.78 is 10.8. The second-order valence-corrected chi connectivity index (χ2v) is 8.06. The fourth-order valence-corrected chi connectivity index (χ4v) is 4.38. The third kappa shape index (κ3) is 4.86. The lowest BCUT2D eigenvalue weighted by molar-refractivity contribution is -0.133. The number of hydrogen-bond donors (Lipinski definition) is 1. The van der Waals surface area contributed by atoms with Gasteiger partial charge in [0, 0.05) is 24.9 Å². The molecule has 2 N–H and O–H groups in total. The molecule has 1 aromatic rings. The number of carbonyl (C=O) groups is 1. The molecule has 1 saturated carbocycles. The number of rotatable bonds is 8. The van der Waals surface area contributed by atoms with Crippen LogP contribution in [0.5, 0.6) is 11.5 Å². The SMILES string of the molecule is COc1cc(CN(C)C(=O)CC2(CN)CCCCC2)c(SC)cc1OC. The van der Waals surface area contributed by atoms with E-state index in [1.807, 2.05) is 30.3 Å². The van der Waals surface area contributed by atoms with E-state index in [1.54, 1.807) is 26.0 Å². The minimum absolute atomic E-state index is 0.0104. The van der Waals surface area contributed by atoms with Gasteiger partial charge in [-0.05, 0) is 48.8 Å². The van der Waals surface area contributed by atoms with Crippen LogP contribution in [0.15, 0.2) is 17.0 Å². The summed E-state index contributed by atoms with van der Waals surface area (Å²) in [5.74, 6) is 1.56. The van der Waals surface area contributed by atoms with Gasteiger partial charge in [-0.15, -0.1) is 11.8 Å². The van der Waals surface area contributed by atoms with Crippen LogP contribution in [0.4, 0.5) is 0 Å². The maximum atomic E-state index is 12.9. The van der Waals surface area contributed by atoms with Crippen LogP contribution in [0.3, 0.4) is 0 Å². The molecule has 6 heteroatoms. The molecule has 1 aliphatic carbocycles. The van der Waals surface area contributed by atoms with Gasteiger partial charge in [-0.3, -0.25) is 4.79 Å². The van der Waals surface area contributed by atoms with Gasteiger partial charge in [0.05, 0.1) is 14.2 Å². The quantitative estimate of drug-likeness (QED) is 0.697. The maximum absolute atomic E-state index is 12.9. The van der Waals surface area contributed by atoms with Gasteiger partial charge >= 0.3 is 0 Å². The molecule has 0 aromatic heterocycles. The van der Waals surface area contributed by atoms with Crippen molar-refractivity contribution in [1.29, 1.82) is 0 Å². The summed E-state index contributed by atoms with van der Waals surface area (Å²) in [6, 6.07) is 3.94. The van der Waals surface area contributed by atoms with Crippen LogP contribution in [0.1, 0.15) is 44.1 Å². The molecule has 0 bridgehead atoms. The highest BCUT2D eigenvalue weighted by molar-refractivity contribution is 7.98. The summed E-state index contributed by atoms with van der Waals surface area (Å²) in [5, 5.41) is 0. The molecule has 0 radical (unpaired) electrons. The number of nitrogens with zero attached hydrogens (tertiary/aromatic N) is 1. The molecular weight excluding hydrogens is 348 g/mol. The summed E-state index contributed by atoms with van der Waals surface area (Å²) in [4.78, 5) is 15.8. The minimum atomic E-state index is -0.0104. The van der Waals surface area contributed by atoms with Crippen molar-refractivity contribution in [2.45, 2.75) is 50.0 Å². The van der Waals surface area contributed by atoms with E-state index < -0.39 is 0 Å². The smallest absolute Gasteiger partial charge is 0.223 e. The van der Waals surface area contributed by atoms with Gasteiger partial charge in [0.25, 0.3) is 0 Å². The first-order chi connectivity index (χ1) is 12.5. The van der Waals surface area contributed by atoms with Crippen molar-refractivity contribution in [3.63, 3.8) is 0 Å². The van der Waals surface area contributed by atoms with E-state index in [2.05, 4.69) is 0 Å². The van der Waals surface area contributed by atoms with Crippen molar-refractivity contribution in [2.24, 2.45) is 11.1 Å². The van der Waals surface area contributed by atoms with Gasteiger partial charge in [0.15, 0.2) is 11.5 Å². The van der Waals surface area contributed by atoms with Crippen molar-refractivity contribution in [3.05, 3.63) is 17.7 Å². The highest BCUT2D eigenvalue weighted by atomic mass is 32.2. The van der Waals surface area contributed by atoms with Gasteiger partial charge in [-0.2, -0.15) is 0 Å². The molecule has 1 amide bonds. The highest BCUT2D eigenvalue weighted by Crippen LogP contribution is 2.39. The molecule has 1 aromatic carbocycles. The summed E-state index contributed by atoms with van der Waals surface area (Å²) >= 11 is 1.64. The zero-order chi connectivity index (χ0) is 19.2. The first-order valence-corrected chi connectivity index (χ1v) is 10.4. The van der Waals surface area contributed by atoms with E-state index in [0.717, 1.165) is 23.3 Å². The predicted molar refractivity (Wildman–Crippen MR) is 107 cm³/mol. The number of carbonyl (C=O) groups excluding carboxylic acids is 1. The van der Waals surface area contributed by atoms with Crippen molar-refractivity contribution in [3.8, 4) is 11.5 Å². The molecule has 0 atom stereocenters. The molecule has 2 rings (SSSR count). The predicted octanol–water partition coefficient (Wildman–Crippen LogP) is 3.68. The molecule has 0 saturated heterocycles. The van der Waals surface area contributed by atoms with Crippen LogP contribution in [0, 0.1) is 5.41 Å². The van der Waals surface area contributed by atoms with E-state index in [9.17, 15) is 4.79 Å². The molecule has 26 heavy (non-hydrogen) atoms. The largest absolute Gasteiger partial charge is 0.493 e. The number of hydrogen-bond acceptors (Lipinski definition) is 5. The average Bonchev–Trinajstić information content (AvgIpc) is 2.68. The molecule has 5 nitrogen and oxygen atoms in total. The number of nitrogens with two attached hydrogens (primary N) is 1. The standard InChI is InChI=1S/C20H32N2O3S/c1-22(19(23)12-20(14-21)8-6-5-7-9-20)13-15-10-16(24-2)17(25-3)11-18(15)26-4/h10-11H,5-9,12-14,21H2,1-4H3. The Bertz CT molecular complexity index is 615. The Labute approximate surface area is 161 Å². The van der Waals surface area contributed by atoms with E-state index in [1.165, 1.54) is 19.3 Å². The number of ether oxygens (including phenoxy) is 2. The van der Waals surface area contributed by atoms with Gasteiger partial charge in [-0.1, -0.05) is 19.3 Å². The first kappa shape index (κ1) is 20.9. The zero-order valence-corrected chi connectivity index (χ0v) is 17.3. The van der Waals surface area contributed by atoms with Gasteiger partial charge < -0.3 is 20.1 Å². The summed E-state index contributed by atoms with van der Waals surface area (Å²) in [6.45, 7) is 1.15. The third-order valence-corrected chi connectivity index (χ3v) is 6.31. The molecule has 0 unspecified atom stereocenters. The van der Waals surface area contributed by atoms with Crippen molar-refractivity contribution < 1.29 is 14.3 Å². The molecule has 0 heterocycles. The lowest BCUT2D eigenvalue weighted by Gasteiger charge is -2.36. The van der Waals surface area contributed by atoms with Crippen LogP contribution in [0.2, 0.25) is 0 Å². The van der Waals surface area contributed by atoms with Crippen LogP contribution < -0.4 is 15.2 Å². The molecule has 0 aliphatic heterocycles. The summed E-state index contributed by atoms with van der Waals surface area (Å²) in [7, 11) is 5.13. The lowest BCUT2D eigenvalue weighted by atomic mass is 9.71. The topological polar surface area (TPSA) is 64.8 Å². The first-order valence-electron chi connectivity index (χ1n) is 9.21. The number of methoxy groups -OCH3 is 2. The molecular formula is C20H32N2O3S. The second kappa shape index (κ2) is 9.51. The molecule has 0 spiro atoms. The van der Waals surface area contributed by atoms with Crippen molar-refractivity contribution in [2.75, 3.05) is 34.1 Å². The zero-order valence-electron chi connectivity index (χ0n) is 16.5. The fraction of sp³-hybridized carbons (Fsp3) is 0.650. The summed E-state index contributed by atoms with van der Waals surface area (Å²) in [6.07, 6.45) is 8.32. The van der Waals surface area contributed by atoms with Crippen LogP contribution in [0.25, 0.3) is 0 Å². The van der Waals surface area contributed by atoms with Crippen molar-refractivity contribution >= 4 is 17.7 Å². The van der Waals surface area contributed by atoms with E-state index in [0.29, 0.717) is 31.0 Å². The molecule has 1 fully saturated rings. The monoisotopic (exact) mass is 380 g/mol. The Kier molecular flexibility index (Phi) is 7.65. The Morgan fingerprint density at radius 1 is 1.19 bits per heavy atom. The summed E-state index contributed by atoms with van der Waals surface area (Å²) in [5.41, 5.74) is 7.11. The molecule has 1 aliphatic rings. The Hall–Kier alpha value is -1.40. The Balaban J connectivity index is 2.12. The highest BCUT2D eigenvalue weighted by Gasteiger charge is 2.34. The van der Waals surface area contributed by atoms with Crippen LogP contribution in [-0.4, -0.2) is 44.9 Å². The van der Waals surface area contributed by atoms with Crippen LogP contribution in [-0.2, 0) is 11.3 Å². The van der Waals surface area contributed by atoms with Gasteiger partial charge in [-0.25, -0.2) is 0 Å². The minimum Gasteiger partial charge on any atom is -0.493 e. The number of thioether (sulfide) groups is 1. The van der Waals surface area contributed by atoms with E-state index in [-0.39, 0.29) is 11.3 Å². The number of benzene rings is 1. The Morgan fingerprint density at radius 3 is 2.35 bits per heavy atom. The molecule has 146 valence electrons. The third-order valence-electron chi connectivity index (χ3n) is 5.49. The van der Waals surface area contributed by atoms with Crippen LogP contribution >= 0.6 is 11.8 Å². The lowest BCUT2D eigenvalue weighted by Crippen LogP contribution is -2.39. The maximum Gasteiger partial charge on any atom is 0.223 e. The van der Waals surface area contributed by atoms with Crippen molar-refractivity contribution in [1.82, 2.24) is 4.90 Å². The Morgan fingerprint density at radius 2 is 1.81 bits per heavy atom. The number of amides is 1. The average molecular weight is 381 g/mol. The fourth-order valence-electron chi connectivity index (χ4n) is 3.77. The van der Waals surface area contributed by atoms with E-state index >= 15 is 0 Å². The second-order valence-electron chi connectivity index (χ2n) is 7.21. The van der Waals surface area contributed by atoms with E-state index in [4.69, 9.17) is 15.2 Å².